The van der Waals surface area contributed by atoms with E-state index in [4.69, 9.17) is 10.5 Å². The van der Waals surface area contributed by atoms with E-state index in [1.165, 1.54) is 12.1 Å². The van der Waals surface area contributed by atoms with Crippen molar-refractivity contribution >= 4 is 9.84 Å². The van der Waals surface area contributed by atoms with Crippen LogP contribution in [0.1, 0.15) is 19.3 Å². The minimum atomic E-state index is -4.66. The Hall–Kier alpha value is -1.21. The Morgan fingerprint density at radius 2 is 1.90 bits per heavy atom. The van der Waals surface area contributed by atoms with Gasteiger partial charge in [-0.05, 0) is 43.4 Å². The molecule has 1 aromatic carbocycles. The predicted molar refractivity (Wildman–Crippen MR) is 75.0 cm³/mol. The molecule has 1 aliphatic rings. The number of ether oxygens (including phenoxy) is 1. The minimum absolute atomic E-state index is 0.0135. The van der Waals surface area contributed by atoms with Gasteiger partial charge in [-0.1, -0.05) is 18.6 Å². The van der Waals surface area contributed by atoms with E-state index in [0.29, 0.717) is 19.1 Å². The first-order valence-electron chi connectivity index (χ1n) is 6.90. The molecular formula is C14H19F2NO3S. The zero-order valence-electron chi connectivity index (χ0n) is 11.5. The lowest BCUT2D eigenvalue weighted by Gasteiger charge is -2.19. The van der Waals surface area contributed by atoms with Crippen LogP contribution in [0.3, 0.4) is 0 Å². The van der Waals surface area contributed by atoms with Gasteiger partial charge in [-0.2, -0.15) is 8.78 Å². The van der Waals surface area contributed by atoms with Crippen LogP contribution in [-0.4, -0.2) is 27.3 Å². The lowest BCUT2D eigenvalue weighted by Crippen LogP contribution is -2.24. The molecule has 1 aliphatic carbocycles. The van der Waals surface area contributed by atoms with Crippen LogP contribution in [0.15, 0.2) is 29.2 Å². The number of sulfone groups is 1. The van der Waals surface area contributed by atoms with E-state index in [-0.39, 0.29) is 11.7 Å². The van der Waals surface area contributed by atoms with Crippen molar-refractivity contribution in [2.24, 2.45) is 17.6 Å². The van der Waals surface area contributed by atoms with Crippen molar-refractivity contribution in [2.75, 3.05) is 13.2 Å². The molecule has 0 aromatic heterocycles. The first kappa shape index (κ1) is 16.2. The van der Waals surface area contributed by atoms with Gasteiger partial charge in [-0.3, -0.25) is 0 Å². The van der Waals surface area contributed by atoms with E-state index in [0.717, 1.165) is 25.3 Å². The van der Waals surface area contributed by atoms with Gasteiger partial charge in [0.2, 0.25) is 9.84 Å². The summed E-state index contributed by atoms with van der Waals surface area (Å²) in [5, 5.41) is 0. The quantitative estimate of drug-likeness (QED) is 0.874. The second kappa shape index (κ2) is 6.70. The predicted octanol–water partition coefficient (Wildman–Crippen LogP) is 2.44. The molecule has 0 amide bonds. The maximum absolute atomic E-state index is 12.7. The molecular weight excluding hydrogens is 300 g/mol. The summed E-state index contributed by atoms with van der Waals surface area (Å²) < 4.78 is 54.1. The molecule has 7 heteroatoms. The first-order valence-corrected chi connectivity index (χ1v) is 8.45. The van der Waals surface area contributed by atoms with Gasteiger partial charge in [0.1, 0.15) is 10.6 Å². The van der Waals surface area contributed by atoms with Crippen molar-refractivity contribution in [3.05, 3.63) is 24.3 Å². The van der Waals surface area contributed by atoms with Gasteiger partial charge in [0, 0.05) is 0 Å². The average Bonchev–Trinajstić information content (AvgIpc) is 2.92. The molecule has 2 rings (SSSR count). The lowest BCUT2D eigenvalue weighted by atomic mass is 9.97. The number of rotatable bonds is 6. The third kappa shape index (κ3) is 3.52. The molecule has 1 saturated carbocycles. The topological polar surface area (TPSA) is 69.4 Å². The fourth-order valence-corrected chi connectivity index (χ4v) is 3.61. The average molecular weight is 319 g/mol. The second-order valence-corrected chi connectivity index (χ2v) is 7.14. The van der Waals surface area contributed by atoms with Gasteiger partial charge in [0.15, 0.2) is 0 Å². The molecule has 0 radical (unpaired) electrons. The Balaban J connectivity index is 2.14. The highest BCUT2D eigenvalue weighted by molar-refractivity contribution is 7.91. The van der Waals surface area contributed by atoms with Gasteiger partial charge >= 0.3 is 5.76 Å². The molecule has 1 aromatic rings. The van der Waals surface area contributed by atoms with Gasteiger partial charge < -0.3 is 10.5 Å². The van der Waals surface area contributed by atoms with E-state index in [2.05, 4.69) is 0 Å². The van der Waals surface area contributed by atoms with Crippen LogP contribution in [0.4, 0.5) is 8.78 Å². The van der Waals surface area contributed by atoms with Crippen LogP contribution in [0.5, 0.6) is 5.75 Å². The van der Waals surface area contributed by atoms with Crippen molar-refractivity contribution < 1.29 is 21.9 Å². The second-order valence-electron chi connectivity index (χ2n) is 5.25. The fraction of sp³-hybridized carbons (Fsp3) is 0.571. The third-order valence-electron chi connectivity index (χ3n) is 3.96. The summed E-state index contributed by atoms with van der Waals surface area (Å²) in [5.41, 5.74) is 5.68. The van der Waals surface area contributed by atoms with Crippen LogP contribution in [-0.2, 0) is 9.84 Å². The largest absolute Gasteiger partial charge is 0.492 e. The number of hydrogen-bond donors (Lipinski definition) is 1. The number of benzene rings is 1. The maximum Gasteiger partial charge on any atom is 0.341 e. The van der Waals surface area contributed by atoms with Gasteiger partial charge in [0.25, 0.3) is 0 Å². The Kier molecular flexibility index (Phi) is 5.16. The summed E-state index contributed by atoms with van der Waals surface area (Å²) in [6.07, 6.45) is 3.06. The molecule has 2 atom stereocenters. The monoisotopic (exact) mass is 319 g/mol. The molecule has 0 saturated heterocycles. The molecule has 0 bridgehead atoms. The molecule has 118 valence electrons. The van der Waals surface area contributed by atoms with Crippen molar-refractivity contribution in [1.29, 1.82) is 0 Å². The van der Waals surface area contributed by atoms with Crippen molar-refractivity contribution in [3.63, 3.8) is 0 Å². The fourth-order valence-electron chi connectivity index (χ4n) is 2.74. The number of para-hydroxylation sites is 1. The Bertz CT molecular complexity index is 577. The zero-order chi connectivity index (χ0) is 15.5. The van der Waals surface area contributed by atoms with E-state index >= 15 is 0 Å². The molecule has 1 fully saturated rings. The summed E-state index contributed by atoms with van der Waals surface area (Å²) in [5.74, 6) is -2.87. The van der Waals surface area contributed by atoms with E-state index in [1.807, 2.05) is 0 Å². The highest BCUT2D eigenvalue weighted by Crippen LogP contribution is 2.33. The number of nitrogens with two attached hydrogens (primary N) is 1. The molecule has 4 nitrogen and oxygen atoms in total. The Morgan fingerprint density at radius 1 is 1.24 bits per heavy atom. The summed E-state index contributed by atoms with van der Waals surface area (Å²) in [6.45, 7) is 0.864. The molecule has 0 heterocycles. The summed E-state index contributed by atoms with van der Waals surface area (Å²) in [6, 6.07) is 5.52. The van der Waals surface area contributed by atoms with E-state index < -0.39 is 20.5 Å². The van der Waals surface area contributed by atoms with Crippen molar-refractivity contribution in [3.8, 4) is 5.75 Å². The van der Waals surface area contributed by atoms with E-state index in [1.54, 1.807) is 6.07 Å². The van der Waals surface area contributed by atoms with Crippen molar-refractivity contribution in [2.45, 2.75) is 29.9 Å². The molecule has 2 N–H and O–H groups in total. The third-order valence-corrected chi connectivity index (χ3v) is 5.38. The minimum Gasteiger partial charge on any atom is -0.492 e. The standard InChI is InChI=1S/C14H19F2NO3S/c15-14(16)21(18,19)13-7-2-1-6-12(13)20-9-11-5-3-4-10(11)8-17/h1-2,6-7,10-11,14H,3-5,8-9,17H2. The summed E-state index contributed by atoms with van der Waals surface area (Å²) in [4.78, 5) is -0.456. The van der Waals surface area contributed by atoms with Gasteiger partial charge in [0.05, 0.1) is 6.61 Å². The van der Waals surface area contributed by atoms with Gasteiger partial charge in [-0.25, -0.2) is 8.42 Å². The number of alkyl halides is 2. The maximum atomic E-state index is 12.7. The highest BCUT2D eigenvalue weighted by atomic mass is 32.2. The molecule has 0 spiro atoms. The Labute approximate surface area is 123 Å². The number of halogens is 2. The van der Waals surface area contributed by atoms with Crippen LogP contribution in [0.2, 0.25) is 0 Å². The van der Waals surface area contributed by atoms with E-state index in [9.17, 15) is 17.2 Å². The van der Waals surface area contributed by atoms with Crippen LogP contribution >= 0.6 is 0 Å². The van der Waals surface area contributed by atoms with Crippen molar-refractivity contribution in [1.82, 2.24) is 0 Å². The van der Waals surface area contributed by atoms with Gasteiger partial charge in [-0.15, -0.1) is 0 Å². The molecule has 2 unspecified atom stereocenters. The lowest BCUT2D eigenvalue weighted by molar-refractivity contribution is 0.210. The van der Waals surface area contributed by atoms with Crippen LogP contribution in [0, 0.1) is 11.8 Å². The zero-order valence-corrected chi connectivity index (χ0v) is 12.4. The summed E-state index contributed by atoms with van der Waals surface area (Å²) in [7, 11) is -4.66. The van der Waals surface area contributed by atoms with Crippen LogP contribution in [0.25, 0.3) is 0 Å². The Morgan fingerprint density at radius 3 is 2.57 bits per heavy atom. The molecule has 0 aliphatic heterocycles. The normalized spacial score (nSPS) is 22.7. The van der Waals surface area contributed by atoms with Crippen LogP contribution < -0.4 is 10.5 Å². The first-order chi connectivity index (χ1) is 9.96. The highest BCUT2D eigenvalue weighted by Gasteiger charge is 2.31. The smallest absolute Gasteiger partial charge is 0.341 e. The molecule has 21 heavy (non-hydrogen) atoms. The SMILES string of the molecule is NCC1CCCC1COc1ccccc1S(=O)(=O)C(F)F. The summed E-state index contributed by atoms with van der Waals surface area (Å²) >= 11 is 0. The number of hydrogen-bond acceptors (Lipinski definition) is 4.